The first-order valence-corrected chi connectivity index (χ1v) is 13.5. The molecule has 0 aromatic heterocycles. The normalized spacial score (nSPS) is 12.1. The standard InChI is InChI=1S/C26H37N3O4S/c1-6-16-27-26(31)22(4)28(19-23-14-12-20(2)13-15-23)25(30)11-8-17-29(34(5,32)33)24-10-7-9-21(3)18-24/h7,9-10,12-15,18,22H,6,8,11,16-17,19H2,1-5H3,(H,27,31)/t22-/m1/s1. The van der Waals surface area contributed by atoms with Gasteiger partial charge in [0.25, 0.3) is 0 Å². The van der Waals surface area contributed by atoms with Crippen LogP contribution in [0.4, 0.5) is 5.69 Å². The maximum absolute atomic E-state index is 13.2. The lowest BCUT2D eigenvalue weighted by atomic mass is 10.1. The molecular weight excluding hydrogens is 450 g/mol. The van der Waals surface area contributed by atoms with Crippen LogP contribution in [0.5, 0.6) is 0 Å². The summed E-state index contributed by atoms with van der Waals surface area (Å²) in [5.41, 5.74) is 3.59. The molecule has 7 nitrogen and oxygen atoms in total. The molecule has 2 amide bonds. The van der Waals surface area contributed by atoms with Crippen molar-refractivity contribution in [1.29, 1.82) is 0 Å². The largest absolute Gasteiger partial charge is 0.354 e. The molecular formula is C26H37N3O4S. The molecule has 0 aliphatic rings. The molecule has 0 unspecified atom stereocenters. The molecule has 2 rings (SSSR count). The van der Waals surface area contributed by atoms with Gasteiger partial charge in [0.15, 0.2) is 0 Å². The first kappa shape index (κ1) is 27.4. The van der Waals surface area contributed by atoms with Gasteiger partial charge in [-0.05, 0) is 56.9 Å². The smallest absolute Gasteiger partial charge is 0.242 e. The third-order valence-corrected chi connectivity index (χ3v) is 6.83. The average molecular weight is 488 g/mol. The number of carbonyl (C=O) groups is 2. The van der Waals surface area contributed by atoms with Crippen LogP contribution >= 0.6 is 0 Å². The third kappa shape index (κ3) is 8.17. The summed E-state index contributed by atoms with van der Waals surface area (Å²) in [5, 5.41) is 2.86. The Hall–Kier alpha value is -2.87. The molecule has 0 aliphatic heterocycles. The molecule has 0 heterocycles. The maximum Gasteiger partial charge on any atom is 0.242 e. The van der Waals surface area contributed by atoms with Crippen molar-refractivity contribution in [3.05, 3.63) is 65.2 Å². The zero-order valence-electron chi connectivity index (χ0n) is 20.9. The molecule has 0 aliphatic carbocycles. The van der Waals surface area contributed by atoms with Crippen LogP contribution in [-0.2, 0) is 26.2 Å². The Morgan fingerprint density at radius 3 is 2.29 bits per heavy atom. The van der Waals surface area contributed by atoms with Crippen molar-refractivity contribution in [2.75, 3.05) is 23.7 Å². The average Bonchev–Trinajstić information content (AvgIpc) is 2.78. The van der Waals surface area contributed by atoms with E-state index in [-0.39, 0.29) is 24.8 Å². The summed E-state index contributed by atoms with van der Waals surface area (Å²) in [5.74, 6) is -0.378. The molecule has 1 atom stereocenters. The van der Waals surface area contributed by atoms with Gasteiger partial charge in [0.05, 0.1) is 11.9 Å². The van der Waals surface area contributed by atoms with E-state index in [9.17, 15) is 18.0 Å². The Labute approximate surface area is 204 Å². The number of nitrogens with zero attached hydrogens (tertiary/aromatic N) is 2. The summed E-state index contributed by atoms with van der Waals surface area (Å²) in [6, 6.07) is 14.5. The van der Waals surface area contributed by atoms with Crippen LogP contribution in [0.25, 0.3) is 0 Å². The van der Waals surface area contributed by atoms with E-state index < -0.39 is 16.1 Å². The minimum absolute atomic E-state index is 0.134. The van der Waals surface area contributed by atoms with Gasteiger partial charge in [-0.15, -0.1) is 0 Å². The van der Waals surface area contributed by atoms with Gasteiger partial charge in [-0.25, -0.2) is 8.42 Å². The number of benzene rings is 2. The SMILES string of the molecule is CCCNC(=O)[C@@H](C)N(Cc1ccc(C)cc1)C(=O)CCCN(c1cccc(C)c1)S(C)(=O)=O. The fraction of sp³-hybridized carbons (Fsp3) is 0.462. The quantitative estimate of drug-likeness (QED) is 0.493. The van der Waals surface area contributed by atoms with Gasteiger partial charge in [0.2, 0.25) is 21.8 Å². The lowest BCUT2D eigenvalue weighted by Gasteiger charge is -2.29. The van der Waals surface area contributed by atoms with Crippen LogP contribution in [0.3, 0.4) is 0 Å². The molecule has 0 spiro atoms. The second-order valence-electron chi connectivity index (χ2n) is 8.75. The van der Waals surface area contributed by atoms with Crippen LogP contribution in [0.15, 0.2) is 48.5 Å². The van der Waals surface area contributed by atoms with Crippen molar-refractivity contribution >= 4 is 27.5 Å². The van der Waals surface area contributed by atoms with Gasteiger partial charge < -0.3 is 10.2 Å². The molecule has 1 N–H and O–H groups in total. The molecule has 0 saturated carbocycles. The van der Waals surface area contributed by atoms with Crippen molar-refractivity contribution in [3.63, 3.8) is 0 Å². The van der Waals surface area contributed by atoms with Crippen molar-refractivity contribution in [2.45, 2.75) is 59.5 Å². The molecule has 2 aromatic rings. The van der Waals surface area contributed by atoms with E-state index in [4.69, 9.17) is 0 Å². The summed E-state index contributed by atoms with van der Waals surface area (Å²) in [4.78, 5) is 27.4. The van der Waals surface area contributed by atoms with Crippen molar-refractivity contribution < 1.29 is 18.0 Å². The highest BCUT2D eigenvalue weighted by molar-refractivity contribution is 7.92. The third-order valence-electron chi connectivity index (χ3n) is 5.63. The highest BCUT2D eigenvalue weighted by Crippen LogP contribution is 2.20. The van der Waals surface area contributed by atoms with E-state index in [1.807, 2.05) is 63.2 Å². The van der Waals surface area contributed by atoms with Crippen LogP contribution in [0.1, 0.15) is 49.8 Å². The van der Waals surface area contributed by atoms with Gasteiger partial charge in [0.1, 0.15) is 6.04 Å². The number of hydrogen-bond acceptors (Lipinski definition) is 4. The number of carbonyl (C=O) groups excluding carboxylic acids is 2. The number of rotatable bonds is 12. The van der Waals surface area contributed by atoms with Crippen molar-refractivity contribution in [2.24, 2.45) is 0 Å². The molecule has 8 heteroatoms. The van der Waals surface area contributed by atoms with Crippen LogP contribution in [-0.4, -0.2) is 50.5 Å². The molecule has 0 saturated heterocycles. The number of anilines is 1. The second-order valence-corrected chi connectivity index (χ2v) is 10.7. The summed E-state index contributed by atoms with van der Waals surface area (Å²) in [6.07, 6.45) is 2.45. The Balaban J connectivity index is 2.14. The Kier molecular flexibility index (Phi) is 10.1. The Morgan fingerprint density at radius 2 is 1.71 bits per heavy atom. The molecule has 186 valence electrons. The Morgan fingerprint density at radius 1 is 1.03 bits per heavy atom. The fourth-order valence-electron chi connectivity index (χ4n) is 3.66. The van der Waals surface area contributed by atoms with Crippen molar-refractivity contribution in [3.8, 4) is 0 Å². The van der Waals surface area contributed by atoms with E-state index in [1.165, 1.54) is 10.6 Å². The number of aryl methyl sites for hydroxylation is 2. The predicted octanol–water partition coefficient (Wildman–Crippen LogP) is 3.79. The minimum atomic E-state index is -3.50. The number of amides is 2. The first-order valence-electron chi connectivity index (χ1n) is 11.7. The molecule has 2 aromatic carbocycles. The van der Waals surface area contributed by atoms with Gasteiger partial charge in [-0.3, -0.25) is 13.9 Å². The predicted molar refractivity (Wildman–Crippen MR) is 137 cm³/mol. The molecule has 0 fully saturated rings. The second kappa shape index (κ2) is 12.6. The number of hydrogen-bond donors (Lipinski definition) is 1. The van der Waals surface area contributed by atoms with Crippen LogP contribution in [0.2, 0.25) is 0 Å². The molecule has 0 bridgehead atoms. The van der Waals surface area contributed by atoms with Gasteiger partial charge >= 0.3 is 0 Å². The summed E-state index contributed by atoms with van der Waals surface area (Å²) in [7, 11) is -3.50. The van der Waals surface area contributed by atoms with Gasteiger partial charge in [0, 0.05) is 26.1 Å². The van der Waals surface area contributed by atoms with E-state index in [2.05, 4.69) is 5.32 Å². The lowest BCUT2D eigenvalue weighted by Crippen LogP contribution is -2.47. The van der Waals surface area contributed by atoms with Crippen LogP contribution in [0, 0.1) is 13.8 Å². The topological polar surface area (TPSA) is 86.8 Å². The molecule has 34 heavy (non-hydrogen) atoms. The lowest BCUT2D eigenvalue weighted by molar-refractivity contribution is -0.140. The number of nitrogens with one attached hydrogen (secondary N) is 1. The zero-order chi connectivity index (χ0) is 25.3. The van der Waals surface area contributed by atoms with Gasteiger partial charge in [-0.2, -0.15) is 0 Å². The van der Waals surface area contributed by atoms with Crippen molar-refractivity contribution in [1.82, 2.24) is 10.2 Å². The van der Waals surface area contributed by atoms with Crippen LogP contribution < -0.4 is 9.62 Å². The highest BCUT2D eigenvalue weighted by Gasteiger charge is 2.26. The van der Waals surface area contributed by atoms with E-state index in [1.54, 1.807) is 17.9 Å². The van der Waals surface area contributed by atoms with E-state index >= 15 is 0 Å². The van der Waals surface area contributed by atoms with E-state index in [0.29, 0.717) is 25.2 Å². The summed E-state index contributed by atoms with van der Waals surface area (Å²) in [6.45, 7) is 8.65. The summed E-state index contributed by atoms with van der Waals surface area (Å²) >= 11 is 0. The van der Waals surface area contributed by atoms with E-state index in [0.717, 1.165) is 23.1 Å². The minimum Gasteiger partial charge on any atom is -0.354 e. The molecule has 0 radical (unpaired) electrons. The van der Waals surface area contributed by atoms with Gasteiger partial charge in [-0.1, -0.05) is 48.9 Å². The zero-order valence-corrected chi connectivity index (χ0v) is 21.7. The highest BCUT2D eigenvalue weighted by atomic mass is 32.2. The fourth-order valence-corrected chi connectivity index (χ4v) is 4.61. The number of sulfonamides is 1. The monoisotopic (exact) mass is 487 g/mol. The summed E-state index contributed by atoms with van der Waals surface area (Å²) < 4.78 is 26.1. The first-order chi connectivity index (χ1) is 16.0. The maximum atomic E-state index is 13.2. The Bertz CT molecular complexity index is 1070.